The summed E-state index contributed by atoms with van der Waals surface area (Å²) in [5.41, 5.74) is 8.60. The van der Waals surface area contributed by atoms with Gasteiger partial charge in [0.15, 0.2) is 0 Å². The van der Waals surface area contributed by atoms with Crippen LogP contribution in [0.15, 0.2) is 24.3 Å². The minimum Gasteiger partial charge on any atom is -0.398 e. The number of anilines is 1. The van der Waals surface area contributed by atoms with Crippen LogP contribution in [0.3, 0.4) is 0 Å². The molecule has 1 aliphatic rings. The molecule has 2 nitrogen and oxygen atoms in total. The fourth-order valence-electron chi connectivity index (χ4n) is 2.55. The summed E-state index contributed by atoms with van der Waals surface area (Å²) < 4.78 is 0. The second-order valence-electron chi connectivity index (χ2n) is 6.02. The van der Waals surface area contributed by atoms with E-state index in [2.05, 4.69) is 31.3 Å². The van der Waals surface area contributed by atoms with Gasteiger partial charge in [0.1, 0.15) is 0 Å². The normalized spacial score (nSPS) is 20.4. The van der Waals surface area contributed by atoms with Gasteiger partial charge in [-0.15, -0.1) is 0 Å². The lowest BCUT2D eigenvalue weighted by Crippen LogP contribution is -2.35. The van der Waals surface area contributed by atoms with Gasteiger partial charge in [0.25, 0.3) is 0 Å². The Labute approximate surface area is 105 Å². The van der Waals surface area contributed by atoms with Crippen molar-refractivity contribution in [1.82, 2.24) is 5.32 Å². The van der Waals surface area contributed by atoms with Crippen LogP contribution in [-0.2, 0) is 6.54 Å². The van der Waals surface area contributed by atoms with Gasteiger partial charge in [-0.2, -0.15) is 0 Å². The minimum absolute atomic E-state index is 0.546. The number of hydrogen-bond acceptors (Lipinski definition) is 2. The molecule has 0 heterocycles. The molecule has 0 radical (unpaired) electrons. The summed E-state index contributed by atoms with van der Waals surface area (Å²) >= 11 is 0. The smallest absolute Gasteiger partial charge is 0.0359 e. The van der Waals surface area contributed by atoms with Gasteiger partial charge in [-0.3, -0.25) is 0 Å². The van der Waals surface area contributed by atoms with Crippen LogP contribution in [0.1, 0.15) is 45.1 Å². The fraction of sp³-hybridized carbons (Fsp3) is 0.600. The van der Waals surface area contributed by atoms with Crippen LogP contribution in [0.2, 0.25) is 0 Å². The quantitative estimate of drug-likeness (QED) is 0.785. The highest BCUT2D eigenvalue weighted by Gasteiger charge is 2.26. The first-order valence-electron chi connectivity index (χ1n) is 6.64. The van der Waals surface area contributed by atoms with Crippen LogP contribution in [0, 0.1) is 5.41 Å². The third-order valence-corrected chi connectivity index (χ3v) is 3.98. The van der Waals surface area contributed by atoms with E-state index in [1.54, 1.807) is 0 Å². The molecule has 94 valence electrons. The maximum absolute atomic E-state index is 5.94. The molecule has 1 aromatic rings. The summed E-state index contributed by atoms with van der Waals surface area (Å²) in [5.74, 6) is 0. The van der Waals surface area contributed by atoms with E-state index in [4.69, 9.17) is 5.73 Å². The lowest BCUT2D eigenvalue weighted by atomic mass is 9.75. The van der Waals surface area contributed by atoms with Gasteiger partial charge in [0.2, 0.25) is 0 Å². The standard InChI is InChI=1S/C15H24N2/c1-15(2)9-7-13(8-10-15)17-11-12-5-3-4-6-14(12)16/h3-6,13,17H,7-11,16H2,1-2H3. The molecule has 0 spiro atoms. The lowest BCUT2D eigenvalue weighted by Gasteiger charge is -2.34. The first-order chi connectivity index (χ1) is 8.07. The monoisotopic (exact) mass is 232 g/mol. The zero-order valence-corrected chi connectivity index (χ0v) is 11.0. The first-order valence-corrected chi connectivity index (χ1v) is 6.64. The Morgan fingerprint density at radius 1 is 1.24 bits per heavy atom. The number of nitrogens with one attached hydrogen (secondary N) is 1. The van der Waals surface area contributed by atoms with Crippen molar-refractivity contribution in [3.8, 4) is 0 Å². The number of nitrogens with two attached hydrogens (primary N) is 1. The predicted octanol–water partition coefficient (Wildman–Crippen LogP) is 3.33. The number of nitrogen functional groups attached to an aromatic ring is 1. The summed E-state index contributed by atoms with van der Waals surface area (Å²) in [6.07, 6.45) is 5.24. The molecule has 1 aliphatic carbocycles. The van der Waals surface area contributed by atoms with E-state index < -0.39 is 0 Å². The van der Waals surface area contributed by atoms with Crippen molar-refractivity contribution < 1.29 is 0 Å². The van der Waals surface area contributed by atoms with E-state index in [9.17, 15) is 0 Å². The van der Waals surface area contributed by atoms with Crippen molar-refractivity contribution in [2.75, 3.05) is 5.73 Å². The molecule has 0 saturated heterocycles. The highest BCUT2D eigenvalue weighted by Crippen LogP contribution is 2.35. The molecule has 2 rings (SSSR count). The summed E-state index contributed by atoms with van der Waals surface area (Å²) in [4.78, 5) is 0. The summed E-state index contributed by atoms with van der Waals surface area (Å²) in [5, 5.41) is 3.64. The molecule has 17 heavy (non-hydrogen) atoms. The van der Waals surface area contributed by atoms with Gasteiger partial charge in [-0.05, 0) is 42.7 Å². The molecular formula is C15H24N2. The Kier molecular flexibility index (Phi) is 3.72. The summed E-state index contributed by atoms with van der Waals surface area (Å²) in [6, 6.07) is 8.79. The molecule has 1 fully saturated rings. The van der Waals surface area contributed by atoms with Crippen LogP contribution in [0.5, 0.6) is 0 Å². The SMILES string of the molecule is CC1(C)CCC(NCc2ccccc2N)CC1. The van der Waals surface area contributed by atoms with E-state index in [0.29, 0.717) is 11.5 Å². The van der Waals surface area contributed by atoms with Gasteiger partial charge >= 0.3 is 0 Å². The number of hydrogen-bond donors (Lipinski definition) is 2. The molecule has 0 aliphatic heterocycles. The maximum Gasteiger partial charge on any atom is 0.0359 e. The van der Waals surface area contributed by atoms with E-state index >= 15 is 0 Å². The highest BCUT2D eigenvalue weighted by atomic mass is 14.9. The molecular weight excluding hydrogens is 208 g/mol. The third kappa shape index (κ3) is 3.47. The molecule has 1 saturated carbocycles. The van der Waals surface area contributed by atoms with Crippen LogP contribution < -0.4 is 11.1 Å². The minimum atomic E-state index is 0.546. The molecule has 0 bridgehead atoms. The Morgan fingerprint density at radius 3 is 2.53 bits per heavy atom. The third-order valence-electron chi connectivity index (χ3n) is 3.98. The van der Waals surface area contributed by atoms with Crippen LogP contribution in [-0.4, -0.2) is 6.04 Å². The molecule has 0 amide bonds. The van der Waals surface area contributed by atoms with Crippen molar-refractivity contribution in [2.24, 2.45) is 5.41 Å². The molecule has 0 atom stereocenters. The van der Waals surface area contributed by atoms with Crippen molar-refractivity contribution in [1.29, 1.82) is 0 Å². The fourth-order valence-corrected chi connectivity index (χ4v) is 2.55. The van der Waals surface area contributed by atoms with Crippen molar-refractivity contribution >= 4 is 5.69 Å². The number of para-hydroxylation sites is 1. The van der Waals surface area contributed by atoms with Crippen LogP contribution in [0.4, 0.5) is 5.69 Å². The zero-order chi connectivity index (χ0) is 12.3. The van der Waals surface area contributed by atoms with Crippen LogP contribution >= 0.6 is 0 Å². The van der Waals surface area contributed by atoms with E-state index in [0.717, 1.165) is 12.2 Å². The maximum atomic E-state index is 5.94. The van der Waals surface area contributed by atoms with Crippen molar-refractivity contribution in [2.45, 2.75) is 52.1 Å². The van der Waals surface area contributed by atoms with Gasteiger partial charge < -0.3 is 11.1 Å². The zero-order valence-electron chi connectivity index (χ0n) is 11.0. The van der Waals surface area contributed by atoms with Crippen molar-refractivity contribution in [3.05, 3.63) is 29.8 Å². The summed E-state index contributed by atoms with van der Waals surface area (Å²) in [7, 11) is 0. The summed E-state index contributed by atoms with van der Waals surface area (Å²) in [6.45, 7) is 5.65. The molecule has 1 aromatic carbocycles. The second-order valence-corrected chi connectivity index (χ2v) is 6.02. The molecule has 0 unspecified atom stereocenters. The second kappa shape index (κ2) is 5.09. The van der Waals surface area contributed by atoms with Crippen molar-refractivity contribution in [3.63, 3.8) is 0 Å². The Hall–Kier alpha value is -1.02. The van der Waals surface area contributed by atoms with E-state index in [1.165, 1.54) is 31.2 Å². The van der Waals surface area contributed by atoms with Gasteiger partial charge in [0.05, 0.1) is 0 Å². The van der Waals surface area contributed by atoms with E-state index in [1.807, 2.05) is 12.1 Å². The lowest BCUT2D eigenvalue weighted by molar-refractivity contribution is 0.206. The topological polar surface area (TPSA) is 38.0 Å². The van der Waals surface area contributed by atoms with Gasteiger partial charge in [-0.25, -0.2) is 0 Å². The molecule has 3 N–H and O–H groups in total. The average Bonchev–Trinajstić information content (AvgIpc) is 2.30. The molecule has 2 heteroatoms. The Morgan fingerprint density at radius 2 is 1.88 bits per heavy atom. The number of rotatable bonds is 3. The largest absolute Gasteiger partial charge is 0.398 e. The Balaban J connectivity index is 1.82. The highest BCUT2D eigenvalue weighted by molar-refractivity contribution is 5.46. The predicted molar refractivity (Wildman–Crippen MR) is 73.7 cm³/mol. The average molecular weight is 232 g/mol. The van der Waals surface area contributed by atoms with Gasteiger partial charge in [0, 0.05) is 18.3 Å². The molecule has 0 aromatic heterocycles. The van der Waals surface area contributed by atoms with Crippen LogP contribution in [0.25, 0.3) is 0 Å². The number of benzene rings is 1. The Bertz CT molecular complexity index is 361. The van der Waals surface area contributed by atoms with E-state index in [-0.39, 0.29) is 0 Å². The van der Waals surface area contributed by atoms with Gasteiger partial charge in [-0.1, -0.05) is 32.0 Å². The first kappa shape index (κ1) is 12.4.